The van der Waals surface area contributed by atoms with Gasteiger partial charge in [-0.3, -0.25) is 4.99 Å². The maximum Gasteiger partial charge on any atom is 0.0665 e. The molecule has 0 radical (unpaired) electrons. The third kappa shape index (κ3) is 3.00. The SMILES string of the molecule is C1=C(c2ccccc2)N=C(CCc2ccccc2)C1. The molecule has 0 saturated carbocycles. The monoisotopic (exact) mass is 247 g/mol. The Kier molecular flexibility index (Phi) is 3.55. The van der Waals surface area contributed by atoms with E-state index >= 15 is 0 Å². The van der Waals surface area contributed by atoms with Crippen molar-refractivity contribution < 1.29 is 0 Å². The topological polar surface area (TPSA) is 12.4 Å². The number of hydrogen-bond acceptors (Lipinski definition) is 1. The van der Waals surface area contributed by atoms with E-state index in [1.54, 1.807) is 0 Å². The van der Waals surface area contributed by atoms with Crippen LogP contribution < -0.4 is 0 Å². The molecular formula is C18H17N. The van der Waals surface area contributed by atoms with Gasteiger partial charge in [0.15, 0.2) is 0 Å². The van der Waals surface area contributed by atoms with Crippen molar-refractivity contribution in [2.24, 2.45) is 4.99 Å². The van der Waals surface area contributed by atoms with Gasteiger partial charge >= 0.3 is 0 Å². The molecule has 0 bridgehead atoms. The first kappa shape index (κ1) is 11.9. The van der Waals surface area contributed by atoms with E-state index in [1.807, 2.05) is 6.07 Å². The van der Waals surface area contributed by atoms with Crippen LogP contribution in [0.15, 0.2) is 71.7 Å². The van der Waals surface area contributed by atoms with E-state index in [0.717, 1.165) is 25.0 Å². The minimum Gasteiger partial charge on any atom is -0.257 e. The fraction of sp³-hybridized carbons (Fsp3) is 0.167. The minimum absolute atomic E-state index is 0.997. The molecule has 0 spiro atoms. The van der Waals surface area contributed by atoms with Crippen LogP contribution in [-0.2, 0) is 6.42 Å². The zero-order chi connectivity index (χ0) is 12.9. The van der Waals surface area contributed by atoms with Crippen molar-refractivity contribution in [1.82, 2.24) is 0 Å². The van der Waals surface area contributed by atoms with Crippen LogP contribution in [0.5, 0.6) is 0 Å². The molecule has 0 N–H and O–H groups in total. The van der Waals surface area contributed by atoms with Crippen molar-refractivity contribution in [3.63, 3.8) is 0 Å². The first-order chi connectivity index (χ1) is 9.42. The molecule has 2 aromatic carbocycles. The lowest BCUT2D eigenvalue weighted by Gasteiger charge is -2.01. The van der Waals surface area contributed by atoms with Crippen LogP contribution in [-0.4, -0.2) is 5.71 Å². The Bertz CT molecular complexity index is 594. The van der Waals surface area contributed by atoms with E-state index in [1.165, 1.54) is 16.8 Å². The fourth-order valence-electron chi connectivity index (χ4n) is 2.36. The summed E-state index contributed by atoms with van der Waals surface area (Å²) in [6.07, 6.45) is 5.36. The summed E-state index contributed by atoms with van der Waals surface area (Å²) < 4.78 is 0. The van der Waals surface area contributed by atoms with Crippen LogP contribution in [0.2, 0.25) is 0 Å². The molecule has 0 saturated heterocycles. The summed E-state index contributed by atoms with van der Waals surface area (Å²) in [7, 11) is 0. The van der Waals surface area contributed by atoms with E-state index in [4.69, 9.17) is 4.99 Å². The van der Waals surface area contributed by atoms with Crippen LogP contribution in [0.25, 0.3) is 5.70 Å². The second kappa shape index (κ2) is 5.66. The lowest BCUT2D eigenvalue weighted by Crippen LogP contribution is -1.96. The Labute approximate surface area is 114 Å². The molecule has 1 heteroatoms. The molecule has 0 unspecified atom stereocenters. The predicted octanol–water partition coefficient (Wildman–Crippen LogP) is 4.51. The second-order valence-corrected chi connectivity index (χ2v) is 4.82. The van der Waals surface area contributed by atoms with Crippen molar-refractivity contribution in [3.8, 4) is 0 Å². The molecule has 1 heterocycles. The maximum atomic E-state index is 4.75. The average Bonchev–Trinajstić information content (AvgIpc) is 2.96. The Hall–Kier alpha value is -2.15. The van der Waals surface area contributed by atoms with Crippen LogP contribution in [0.1, 0.15) is 24.0 Å². The molecule has 2 aromatic rings. The van der Waals surface area contributed by atoms with E-state index in [2.05, 4.69) is 60.7 Å². The van der Waals surface area contributed by atoms with Crippen molar-refractivity contribution in [3.05, 3.63) is 77.9 Å². The fourth-order valence-corrected chi connectivity index (χ4v) is 2.36. The van der Waals surface area contributed by atoms with Gasteiger partial charge in [-0.25, -0.2) is 0 Å². The summed E-state index contributed by atoms with van der Waals surface area (Å²) in [5.41, 5.74) is 5.03. The molecular weight excluding hydrogens is 230 g/mol. The third-order valence-electron chi connectivity index (χ3n) is 3.42. The van der Waals surface area contributed by atoms with Crippen LogP contribution in [0.4, 0.5) is 0 Å². The summed E-state index contributed by atoms with van der Waals surface area (Å²) in [6, 6.07) is 21.0. The Balaban J connectivity index is 1.63. The molecule has 94 valence electrons. The van der Waals surface area contributed by atoms with Crippen LogP contribution >= 0.6 is 0 Å². The predicted molar refractivity (Wildman–Crippen MR) is 81.2 cm³/mol. The molecule has 1 aliphatic heterocycles. The summed E-state index contributed by atoms with van der Waals surface area (Å²) in [5, 5.41) is 0. The molecule has 0 fully saturated rings. The molecule has 3 rings (SSSR count). The first-order valence-corrected chi connectivity index (χ1v) is 6.78. The van der Waals surface area contributed by atoms with Gasteiger partial charge in [0.25, 0.3) is 0 Å². The third-order valence-corrected chi connectivity index (χ3v) is 3.42. The van der Waals surface area contributed by atoms with Gasteiger partial charge in [-0.15, -0.1) is 0 Å². The Morgan fingerprint density at radius 3 is 2.21 bits per heavy atom. The smallest absolute Gasteiger partial charge is 0.0665 e. The zero-order valence-corrected chi connectivity index (χ0v) is 10.9. The maximum absolute atomic E-state index is 4.75. The van der Waals surface area contributed by atoms with Crippen LogP contribution in [0.3, 0.4) is 0 Å². The van der Waals surface area contributed by atoms with Gasteiger partial charge in [-0.2, -0.15) is 0 Å². The quantitative estimate of drug-likeness (QED) is 0.754. The molecule has 0 amide bonds. The standard InChI is InChI=1S/C18H17N/c1-3-7-15(8-4-1)11-12-17-13-14-18(19-17)16-9-5-2-6-10-16/h1-10,14H,11-13H2. The van der Waals surface area contributed by atoms with Gasteiger partial charge in [-0.05, 0) is 24.0 Å². The number of benzene rings is 2. The van der Waals surface area contributed by atoms with Gasteiger partial charge in [0, 0.05) is 12.1 Å². The number of aryl methyl sites for hydroxylation is 1. The molecule has 19 heavy (non-hydrogen) atoms. The summed E-state index contributed by atoms with van der Waals surface area (Å²) in [5.74, 6) is 0. The Morgan fingerprint density at radius 1 is 0.789 bits per heavy atom. The summed E-state index contributed by atoms with van der Waals surface area (Å²) >= 11 is 0. The first-order valence-electron chi connectivity index (χ1n) is 6.78. The van der Waals surface area contributed by atoms with Gasteiger partial charge in [-0.1, -0.05) is 66.7 Å². The number of hydrogen-bond donors (Lipinski definition) is 0. The van der Waals surface area contributed by atoms with Crippen molar-refractivity contribution in [2.45, 2.75) is 19.3 Å². The van der Waals surface area contributed by atoms with E-state index in [9.17, 15) is 0 Å². The normalized spacial score (nSPS) is 14.1. The van der Waals surface area contributed by atoms with Crippen molar-refractivity contribution in [1.29, 1.82) is 0 Å². The van der Waals surface area contributed by atoms with Gasteiger partial charge in [0.1, 0.15) is 0 Å². The van der Waals surface area contributed by atoms with Gasteiger partial charge < -0.3 is 0 Å². The highest BCUT2D eigenvalue weighted by molar-refractivity contribution is 5.95. The minimum atomic E-state index is 0.997. The Morgan fingerprint density at radius 2 is 1.47 bits per heavy atom. The molecule has 0 aliphatic carbocycles. The van der Waals surface area contributed by atoms with E-state index < -0.39 is 0 Å². The highest BCUT2D eigenvalue weighted by atomic mass is 14.8. The van der Waals surface area contributed by atoms with Crippen molar-refractivity contribution >= 4 is 11.4 Å². The number of allylic oxidation sites excluding steroid dienone is 1. The summed E-state index contributed by atoms with van der Waals surface area (Å²) in [6.45, 7) is 0. The lowest BCUT2D eigenvalue weighted by molar-refractivity contribution is 1.03. The molecule has 1 nitrogen and oxygen atoms in total. The highest BCUT2D eigenvalue weighted by Gasteiger charge is 2.09. The average molecular weight is 247 g/mol. The molecule has 0 atom stereocenters. The summed E-state index contributed by atoms with van der Waals surface area (Å²) in [4.78, 5) is 4.75. The number of aliphatic imine (C=N–C) groups is 1. The van der Waals surface area contributed by atoms with E-state index in [-0.39, 0.29) is 0 Å². The molecule has 0 aromatic heterocycles. The van der Waals surface area contributed by atoms with Gasteiger partial charge in [0.05, 0.1) is 5.70 Å². The van der Waals surface area contributed by atoms with Crippen LogP contribution in [0, 0.1) is 0 Å². The second-order valence-electron chi connectivity index (χ2n) is 4.82. The van der Waals surface area contributed by atoms with Crippen molar-refractivity contribution in [2.75, 3.05) is 0 Å². The highest BCUT2D eigenvalue weighted by Crippen LogP contribution is 2.23. The lowest BCUT2D eigenvalue weighted by atomic mass is 10.1. The molecule has 1 aliphatic rings. The van der Waals surface area contributed by atoms with E-state index in [0.29, 0.717) is 0 Å². The van der Waals surface area contributed by atoms with Gasteiger partial charge in [0.2, 0.25) is 0 Å². The number of rotatable bonds is 4. The number of nitrogens with zero attached hydrogens (tertiary/aromatic N) is 1. The zero-order valence-electron chi connectivity index (χ0n) is 10.9. The largest absolute Gasteiger partial charge is 0.257 e.